The van der Waals surface area contributed by atoms with Gasteiger partial charge in [-0.1, -0.05) is 23.7 Å². The third-order valence-corrected chi connectivity index (χ3v) is 3.16. The number of nitrogens with zero attached hydrogens (tertiary/aromatic N) is 3. The molecule has 0 spiro atoms. The second-order valence-electron chi connectivity index (χ2n) is 4.14. The Kier molecular flexibility index (Phi) is 2.41. The predicted molar refractivity (Wildman–Crippen MR) is 69.3 cm³/mol. The summed E-state index contributed by atoms with van der Waals surface area (Å²) in [7, 11) is 1.92. The zero-order chi connectivity index (χ0) is 11.8. The molecule has 2 heterocycles. The summed E-state index contributed by atoms with van der Waals surface area (Å²) in [6.07, 6.45) is 5.95. The van der Waals surface area contributed by atoms with Crippen LogP contribution < -0.4 is 0 Å². The fourth-order valence-electron chi connectivity index (χ4n) is 2.10. The molecule has 1 aromatic carbocycles. The molecular formula is C13H12ClN3. The van der Waals surface area contributed by atoms with Crippen molar-refractivity contribution in [1.29, 1.82) is 0 Å². The number of aromatic nitrogens is 3. The van der Waals surface area contributed by atoms with E-state index in [9.17, 15) is 0 Å². The minimum Gasteiger partial charge on any atom is -0.342 e. The first-order chi connectivity index (χ1) is 8.24. The lowest BCUT2D eigenvalue weighted by atomic mass is 10.2. The van der Waals surface area contributed by atoms with Gasteiger partial charge in [0.15, 0.2) is 0 Å². The van der Waals surface area contributed by atoms with Gasteiger partial charge in [0.1, 0.15) is 0 Å². The van der Waals surface area contributed by atoms with Crippen LogP contribution >= 0.6 is 11.6 Å². The fourth-order valence-corrected chi connectivity index (χ4v) is 2.39. The number of rotatable bonds is 2. The van der Waals surface area contributed by atoms with Gasteiger partial charge in [-0.05, 0) is 12.1 Å². The van der Waals surface area contributed by atoms with Gasteiger partial charge in [-0.3, -0.25) is 4.68 Å². The maximum atomic E-state index is 6.23. The minimum absolute atomic E-state index is 0.788. The SMILES string of the molecule is Cn1cc(Cn2ccc3cccc(Cl)c32)cn1. The van der Waals surface area contributed by atoms with Gasteiger partial charge in [0.2, 0.25) is 0 Å². The maximum absolute atomic E-state index is 6.23. The number of aryl methyl sites for hydroxylation is 1. The molecule has 0 saturated carbocycles. The maximum Gasteiger partial charge on any atom is 0.0672 e. The molecule has 2 aromatic heterocycles. The van der Waals surface area contributed by atoms with Crippen LogP contribution in [0, 0.1) is 0 Å². The predicted octanol–water partition coefficient (Wildman–Crippen LogP) is 3.08. The molecular weight excluding hydrogens is 234 g/mol. The van der Waals surface area contributed by atoms with Crippen molar-refractivity contribution in [3.8, 4) is 0 Å². The molecule has 0 saturated heterocycles. The van der Waals surface area contributed by atoms with Crippen LogP contribution in [-0.2, 0) is 13.6 Å². The lowest BCUT2D eigenvalue weighted by Gasteiger charge is -2.04. The highest BCUT2D eigenvalue weighted by molar-refractivity contribution is 6.35. The number of halogens is 1. The lowest BCUT2D eigenvalue weighted by molar-refractivity contribution is 0.764. The molecule has 0 aliphatic heterocycles. The zero-order valence-electron chi connectivity index (χ0n) is 9.47. The zero-order valence-corrected chi connectivity index (χ0v) is 10.2. The molecule has 0 bridgehead atoms. The molecule has 0 atom stereocenters. The van der Waals surface area contributed by atoms with Gasteiger partial charge >= 0.3 is 0 Å². The van der Waals surface area contributed by atoms with E-state index < -0.39 is 0 Å². The second kappa shape index (κ2) is 3.93. The van der Waals surface area contributed by atoms with E-state index in [4.69, 9.17) is 11.6 Å². The van der Waals surface area contributed by atoms with Crippen molar-refractivity contribution in [3.63, 3.8) is 0 Å². The highest BCUT2D eigenvalue weighted by Crippen LogP contribution is 2.24. The first-order valence-electron chi connectivity index (χ1n) is 5.45. The van der Waals surface area contributed by atoms with E-state index in [2.05, 4.69) is 28.0 Å². The van der Waals surface area contributed by atoms with Crippen molar-refractivity contribution in [2.24, 2.45) is 7.05 Å². The Morgan fingerprint density at radius 2 is 2.18 bits per heavy atom. The molecule has 86 valence electrons. The van der Waals surface area contributed by atoms with Crippen molar-refractivity contribution in [2.45, 2.75) is 6.54 Å². The first kappa shape index (κ1) is 10.4. The van der Waals surface area contributed by atoms with E-state index in [1.807, 2.05) is 36.3 Å². The van der Waals surface area contributed by atoms with E-state index in [0.717, 1.165) is 17.1 Å². The highest BCUT2D eigenvalue weighted by Gasteiger charge is 2.06. The van der Waals surface area contributed by atoms with Crippen molar-refractivity contribution >= 4 is 22.5 Å². The van der Waals surface area contributed by atoms with Crippen LogP contribution in [0.5, 0.6) is 0 Å². The molecule has 0 radical (unpaired) electrons. The van der Waals surface area contributed by atoms with Gasteiger partial charge in [-0.15, -0.1) is 0 Å². The summed E-state index contributed by atoms with van der Waals surface area (Å²) in [5.41, 5.74) is 2.25. The Balaban J connectivity index is 2.06. The number of para-hydroxylation sites is 1. The monoisotopic (exact) mass is 245 g/mol. The van der Waals surface area contributed by atoms with Gasteiger partial charge in [-0.25, -0.2) is 0 Å². The van der Waals surface area contributed by atoms with E-state index in [1.165, 1.54) is 10.9 Å². The second-order valence-corrected chi connectivity index (χ2v) is 4.55. The van der Waals surface area contributed by atoms with Crippen molar-refractivity contribution in [2.75, 3.05) is 0 Å². The molecule has 0 aliphatic rings. The molecule has 17 heavy (non-hydrogen) atoms. The van der Waals surface area contributed by atoms with Crippen LogP contribution in [0.1, 0.15) is 5.56 Å². The van der Waals surface area contributed by atoms with E-state index in [1.54, 1.807) is 0 Å². The molecule has 0 aliphatic carbocycles. The van der Waals surface area contributed by atoms with Crippen LogP contribution in [0.2, 0.25) is 5.02 Å². The minimum atomic E-state index is 0.788. The molecule has 4 heteroatoms. The van der Waals surface area contributed by atoms with E-state index in [-0.39, 0.29) is 0 Å². The van der Waals surface area contributed by atoms with Crippen LogP contribution in [0.3, 0.4) is 0 Å². The molecule has 0 fully saturated rings. The number of fused-ring (bicyclic) bond motifs is 1. The molecule has 3 aromatic rings. The third kappa shape index (κ3) is 1.83. The average molecular weight is 246 g/mol. The summed E-state index contributed by atoms with van der Waals surface area (Å²) in [5.74, 6) is 0. The normalized spacial score (nSPS) is 11.2. The molecule has 0 unspecified atom stereocenters. The van der Waals surface area contributed by atoms with Gasteiger partial charge in [0, 0.05) is 30.4 Å². The summed E-state index contributed by atoms with van der Waals surface area (Å²) in [6, 6.07) is 8.04. The average Bonchev–Trinajstić information content (AvgIpc) is 2.88. The number of benzene rings is 1. The fraction of sp³-hybridized carbons (Fsp3) is 0.154. The summed E-state index contributed by atoms with van der Waals surface area (Å²) in [4.78, 5) is 0. The Morgan fingerprint density at radius 1 is 1.29 bits per heavy atom. The van der Waals surface area contributed by atoms with Crippen LogP contribution in [0.15, 0.2) is 42.9 Å². The number of hydrogen-bond donors (Lipinski definition) is 0. The Hall–Kier alpha value is -1.74. The molecule has 3 nitrogen and oxygen atoms in total. The summed E-state index contributed by atoms with van der Waals surface area (Å²) < 4.78 is 3.96. The third-order valence-electron chi connectivity index (χ3n) is 2.85. The lowest BCUT2D eigenvalue weighted by Crippen LogP contribution is -1.97. The number of hydrogen-bond acceptors (Lipinski definition) is 1. The van der Waals surface area contributed by atoms with Crippen LogP contribution in [0.4, 0.5) is 0 Å². The Bertz CT molecular complexity index is 666. The quantitative estimate of drug-likeness (QED) is 0.680. The summed E-state index contributed by atoms with van der Waals surface area (Å²) in [5, 5.41) is 6.13. The smallest absolute Gasteiger partial charge is 0.0672 e. The van der Waals surface area contributed by atoms with Crippen molar-refractivity contribution in [1.82, 2.24) is 14.3 Å². The van der Waals surface area contributed by atoms with Crippen molar-refractivity contribution in [3.05, 3.63) is 53.4 Å². The Labute approximate surface area is 104 Å². The van der Waals surface area contributed by atoms with Gasteiger partial charge in [0.05, 0.1) is 23.3 Å². The van der Waals surface area contributed by atoms with E-state index >= 15 is 0 Å². The standard InChI is InChI=1S/C13H12ClN3/c1-16-8-10(7-15-16)9-17-6-5-11-3-2-4-12(14)13(11)17/h2-8H,9H2,1H3. The van der Waals surface area contributed by atoms with Crippen LogP contribution in [-0.4, -0.2) is 14.3 Å². The van der Waals surface area contributed by atoms with Gasteiger partial charge in [0.25, 0.3) is 0 Å². The van der Waals surface area contributed by atoms with Crippen LogP contribution in [0.25, 0.3) is 10.9 Å². The van der Waals surface area contributed by atoms with E-state index in [0.29, 0.717) is 0 Å². The molecule has 0 amide bonds. The summed E-state index contributed by atoms with van der Waals surface area (Å²) in [6.45, 7) is 0.793. The molecule has 3 rings (SSSR count). The first-order valence-corrected chi connectivity index (χ1v) is 5.83. The Morgan fingerprint density at radius 3 is 2.94 bits per heavy atom. The van der Waals surface area contributed by atoms with Gasteiger partial charge in [-0.2, -0.15) is 5.10 Å². The topological polar surface area (TPSA) is 22.8 Å². The van der Waals surface area contributed by atoms with Gasteiger partial charge < -0.3 is 4.57 Å². The molecule has 0 N–H and O–H groups in total. The summed E-state index contributed by atoms with van der Waals surface area (Å²) >= 11 is 6.23. The van der Waals surface area contributed by atoms with Crippen molar-refractivity contribution < 1.29 is 0 Å². The highest BCUT2D eigenvalue weighted by atomic mass is 35.5. The largest absolute Gasteiger partial charge is 0.342 e.